The van der Waals surface area contributed by atoms with Crippen LogP contribution in [-0.2, 0) is 16.1 Å². The third kappa shape index (κ3) is 4.77. The summed E-state index contributed by atoms with van der Waals surface area (Å²) in [5, 5.41) is 0. The predicted molar refractivity (Wildman–Crippen MR) is 80.2 cm³/mol. The molecule has 1 aromatic rings. The van der Waals surface area contributed by atoms with E-state index in [1.165, 1.54) is 5.56 Å². The van der Waals surface area contributed by atoms with Gasteiger partial charge in [-0.2, -0.15) is 0 Å². The van der Waals surface area contributed by atoms with Crippen LogP contribution in [0.15, 0.2) is 30.3 Å². The van der Waals surface area contributed by atoms with Crippen molar-refractivity contribution in [3.8, 4) is 0 Å². The largest absolute Gasteiger partial charge is 0.372 e. The number of carbonyl (C=O) groups excluding carboxylic acids is 1. The lowest BCUT2D eigenvalue weighted by molar-refractivity contribution is -0.120. The van der Waals surface area contributed by atoms with Gasteiger partial charge in [-0.05, 0) is 26.0 Å². The predicted octanol–water partition coefficient (Wildman–Crippen LogP) is 3.14. The topological polar surface area (TPSA) is 29.5 Å². The number of likely N-dealkylation sites (N-methyl/N-ethyl adjacent to an activating group) is 1. The van der Waals surface area contributed by atoms with Gasteiger partial charge in [0.2, 0.25) is 0 Å². The molecule has 1 fully saturated rings. The fraction of sp³-hybridized carbons (Fsp3) is 0.562. The van der Waals surface area contributed by atoms with Gasteiger partial charge in [0, 0.05) is 6.54 Å². The Morgan fingerprint density at radius 1 is 1.32 bits per heavy atom. The summed E-state index contributed by atoms with van der Waals surface area (Å²) in [6.07, 6.45) is 0.993. The molecule has 2 rings (SSSR count). The summed E-state index contributed by atoms with van der Waals surface area (Å²) in [5.41, 5.74) is 1.18. The van der Waals surface area contributed by atoms with E-state index < -0.39 is 0 Å². The normalized spacial score (nSPS) is 22.4. The van der Waals surface area contributed by atoms with Crippen molar-refractivity contribution in [1.82, 2.24) is 4.90 Å². The zero-order valence-corrected chi connectivity index (χ0v) is 10.4. The Morgan fingerprint density at radius 3 is 2.47 bits per heavy atom. The molecule has 0 saturated carbocycles. The number of Topliss-reactive ketones (excluding diaryl/α,β-unsaturated/α-hetero) is 1. The number of likely N-dealkylation sites (tertiary alicyclic amines) is 1. The Bertz CT molecular complexity index is 378. The Morgan fingerprint density at radius 2 is 1.95 bits per heavy atom. The molecule has 1 aliphatic rings. The highest BCUT2D eigenvalue weighted by Gasteiger charge is 2.32. The first-order valence-corrected chi connectivity index (χ1v) is 6.03. The van der Waals surface area contributed by atoms with Gasteiger partial charge in [0.25, 0.3) is 0 Å². The van der Waals surface area contributed by atoms with Crippen LogP contribution in [-0.4, -0.2) is 36.4 Å². The van der Waals surface area contributed by atoms with Crippen LogP contribution in [0.3, 0.4) is 0 Å². The van der Waals surface area contributed by atoms with Crippen molar-refractivity contribution in [2.24, 2.45) is 0 Å². The van der Waals surface area contributed by atoms with Crippen LogP contribution < -0.4 is 0 Å². The molecule has 3 nitrogen and oxygen atoms in total. The van der Waals surface area contributed by atoms with Crippen molar-refractivity contribution >= 4 is 5.78 Å². The average molecular weight is 265 g/mol. The number of rotatable bonds is 4. The first-order chi connectivity index (χ1) is 8.16. The molecule has 1 aromatic carbocycles. The summed E-state index contributed by atoms with van der Waals surface area (Å²) in [7, 11) is 1.98. The Kier molecular flexibility index (Phi) is 7.57. The number of carbonyl (C=O) groups is 1. The third-order valence-electron chi connectivity index (χ3n) is 3.31. The molecule has 0 aromatic heterocycles. The Labute approximate surface area is 117 Å². The standard InChI is InChI=1S/C14H19NO2.2CH4/c1-11(16)14-8-13(9-15(14)2)17-10-12-6-4-3-5-7-12;;/h3-7,13-14H,8-10H2,1-2H3;2*1H4/t13-,14-;;/m0../s1. The second-order valence-electron chi connectivity index (χ2n) is 4.72. The highest BCUT2D eigenvalue weighted by Crippen LogP contribution is 2.20. The van der Waals surface area contributed by atoms with Gasteiger partial charge in [0.1, 0.15) is 5.78 Å². The number of benzene rings is 1. The lowest BCUT2D eigenvalue weighted by atomic mass is 10.1. The lowest BCUT2D eigenvalue weighted by Gasteiger charge is -2.14. The van der Waals surface area contributed by atoms with E-state index in [1.54, 1.807) is 6.92 Å². The van der Waals surface area contributed by atoms with Crippen molar-refractivity contribution in [3.05, 3.63) is 35.9 Å². The zero-order chi connectivity index (χ0) is 12.3. The van der Waals surface area contributed by atoms with Gasteiger partial charge >= 0.3 is 0 Å². The summed E-state index contributed by atoms with van der Waals surface area (Å²) >= 11 is 0. The summed E-state index contributed by atoms with van der Waals surface area (Å²) in [6, 6.07) is 10.2. The molecule has 1 heterocycles. The molecular formula is C16H27NO2. The molecule has 108 valence electrons. The molecule has 0 amide bonds. The van der Waals surface area contributed by atoms with E-state index >= 15 is 0 Å². The van der Waals surface area contributed by atoms with E-state index in [-0.39, 0.29) is 32.8 Å². The fourth-order valence-electron chi connectivity index (χ4n) is 2.34. The summed E-state index contributed by atoms with van der Waals surface area (Å²) < 4.78 is 5.85. The maximum atomic E-state index is 11.4. The van der Waals surface area contributed by atoms with Crippen LogP contribution in [0.4, 0.5) is 0 Å². The lowest BCUT2D eigenvalue weighted by Crippen LogP contribution is -2.30. The third-order valence-corrected chi connectivity index (χ3v) is 3.31. The van der Waals surface area contributed by atoms with Crippen LogP contribution in [0, 0.1) is 0 Å². The molecule has 19 heavy (non-hydrogen) atoms. The average Bonchev–Trinajstić information content (AvgIpc) is 2.69. The van der Waals surface area contributed by atoms with Crippen LogP contribution in [0.2, 0.25) is 0 Å². The highest BCUT2D eigenvalue weighted by molar-refractivity contribution is 5.81. The summed E-state index contributed by atoms with van der Waals surface area (Å²) in [4.78, 5) is 13.5. The van der Waals surface area contributed by atoms with E-state index in [2.05, 4.69) is 17.0 Å². The molecule has 0 spiro atoms. The van der Waals surface area contributed by atoms with Crippen LogP contribution in [0.1, 0.15) is 33.8 Å². The number of hydrogen-bond acceptors (Lipinski definition) is 3. The van der Waals surface area contributed by atoms with Gasteiger partial charge in [-0.3, -0.25) is 9.69 Å². The van der Waals surface area contributed by atoms with E-state index in [1.807, 2.05) is 25.2 Å². The van der Waals surface area contributed by atoms with Crippen LogP contribution in [0.25, 0.3) is 0 Å². The van der Waals surface area contributed by atoms with Crippen LogP contribution in [0.5, 0.6) is 0 Å². The highest BCUT2D eigenvalue weighted by atomic mass is 16.5. The molecule has 0 radical (unpaired) electrons. The molecule has 0 bridgehead atoms. The minimum absolute atomic E-state index is 0. The second kappa shape index (κ2) is 8.08. The quantitative estimate of drug-likeness (QED) is 0.837. The van der Waals surface area contributed by atoms with Crippen molar-refractivity contribution < 1.29 is 9.53 Å². The second-order valence-corrected chi connectivity index (χ2v) is 4.72. The maximum absolute atomic E-state index is 11.4. The number of hydrogen-bond donors (Lipinski definition) is 0. The molecular weight excluding hydrogens is 238 g/mol. The molecule has 0 aliphatic carbocycles. The van der Waals surface area contributed by atoms with Crippen molar-refractivity contribution in [3.63, 3.8) is 0 Å². The SMILES string of the molecule is C.C.CC(=O)[C@@H]1C[C@H](OCc2ccccc2)CN1C. The van der Waals surface area contributed by atoms with Gasteiger partial charge < -0.3 is 4.74 Å². The molecule has 3 heteroatoms. The van der Waals surface area contributed by atoms with E-state index in [0.29, 0.717) is 6.61 Å². The van der Waals surface area contributed by atoms with Crippen molar-refractivity contribution in [2.75, 3.05) is 13.6 Å². The first-order valence-electron chi connectivity index (χ1n) is 6.03. The maximum Gasteiger partial charge on any atom is 0.146 e. The minimum Gasteiger partial charge on any atom is -0.372 e. The van der Waals surface area contributed by atoms with E-state index in [0.717, 1.165) is 13.0 Å². The fourth-order valence-corrected chi connectivity index (χ4v) is 2.34. The molecule has 0 N–H and O–H groups in total. The molecule has 1 aliphatic heterocycles. The minimum atomic E-state index is 0. The monoisotopic (exact) mass is 265 g/mol. The number of nitrogens with zero attached hydrogens (tertiary/aromatic N) is 1. The molecule has 2 atom stereocenters. The van der Waals surface area contributed by atoms with Crippen molar-refractivity contribution in [2.45, 2.75) is 47.0 Å². The Hall–Kier alpha value is -1.19. The summed E-state index contributed by atoms with van der Waals surface area (Å²) in [6.45, 7) is 3.13. The first kappa shape index (κ1) is 17.8. The van der Waals surface area contributed by atoms with E-state index in [9.17, 15) is 4.79 Å². The zero-order valence-electron chi connectivity index (χ0n) is 10.4. The van der Waals surface area contributed by atoms with Gasteiger partial charge in [-0.15, -0.1) is 0 Å². The van der Waals surface area contributed by atoms with Gasteiger partial charge in [-0.25, -0.2) is 0 Å². The number of ether oxygens (including phenoxy) is 1. The Balaban J connectivity index is 0.00000162. The molecule has 1 saturated heterocycles. The van der Waals surface area contributed by atoms with Gasteiger partial charge in [-0.1, -0.05) is 45.2 Å². The van der Waals surface area contributed by atoms with Gasteiger partial charge in [0.05, 0.1) is 18.8 Å². The molecule has 0 unspecified atom stereocenters. The summed E-state index contributed by atoms with van der Waals surface area (Å²) in [5.74, 6) is 0.235. The van der Waals surface area contributed by atoms with Gasteiger partial charge in [0.15, 0.2) is 0 Å². The van der Waals surface area contributed by atoms with E-state index in [4.69, 9.17) is 4.74 Å². The van der Waals surface area contributed by atoms with Crippen molar-refractivity contribution in [1.29, 1.82) is 0 Å². The smallest absolute Gasteiger partial charge is 0.146 e. The van der Waals surface area contributed by atoms with Crippen LogP contribution >= 0.6 is 0 Å². The number of ketones is 1.